The topological polar surface area (TPSA) is 33.6 Å². The van der Waals surface area contributed by atoms with Gasteiger partial charge in [0.2, 0.25) is 0 Å². The Kier molecular flexibility index (Phi) is 6.01. The molecule has 0 spiro atoms. The highest BCUT2D eigenvalue weighted by atomic mass is 15.0. The van der Waals surface area contributed by atoms with Crippen molar-refractivity contribution in [2.75, 3.05) is 0 Å². The van der Waals surface area contributed by atoms with Crippen molar-refractivity contribution in [3.8, 4) is 39.7 Å². The lowest BCUT2D eigenvalue weighted by Gasteiger charge is -2.16. The maximum Gasteiger partial charge on any atom is 0.0991 e. The van der Waals surface area contributed by atoms with Gasteiger partial charge in [-0.15, -0.1) is 0 Å². The van der Waals surface area contributed by atoms with Crippen LogP contribution in [-0.2, 0) is 6.42 Å². The van der Waals surface area contributed by atoms with E-state index in [4.69, 9.17) is 0 Å². The summed E-state index contributed by atoms with van der Waals surface area (Å²) in [6, 6.07) is 51.9. The number of allylic oxidation sites excluding steroid dienone is 1. The zero-order chi connectivity index (χ0) is 30.6. The van der Waals surface area contributed by atoms with Gasteiger partial charge < -0.3 is 9.13 Å². The second kappa shape index (κ2) is 10.5. The van der Waals surface area contributed by atoms with E-state index >= 15 is 0 Å². The maximum absolute atomic E-state index is 9.33. The number of rotatable bonds is 4. The van der Waals surface area contributed by atoms with Crippen molar-refractivity contribution < 1.29 is 0 Å². The lowest BCUT2D eigenvalue weighted by Crippen LogP contribution is -2.01. The second-order valence-electron chi connectivity index (χ2n) is 12.0. The molecule has 0 atom stereocenters. The Morgan fingerprint density at radius 3 is 2.02 bits per heavy atom. The van der Waals surface area contributed by atoms with Gasteiger partial charge in [-0.05, 0) is 78.1 Å². The van der Waals surface area contributed by atoms with Crippen LogP contribution in [0.1, 0.15) is 23.2 Å². The van der Waals surface area contributed by atoms with Crippen LogP contribution in [0.3, 0.4) is 0 Å². The normalized spacial score (nSPS) is 12.5. The molecule has 1 aliphatic rings. The van der Waals surface area contributed by atoms with Crippen molar-refractivity contribution in [2.24, 2.45) is 0 Å². The fourth-order valence-electron chi connectivity index (χ4n) is 7.41. The molecule has 2 aromatic heterocycles. The summed E-state index contributed by atoms with van der Waals surface area (Å²) in [4.78, 5) is 0. The summed E-state index contributed by atoms with van der Waals surface area (Å²) in [6.45, 7) is 0. The number of hydrogen-bond donors (Lipinski definition) is 0. The first-order chi connectivity index (χ1) is 22.8. The molecule has 0 radical (unpaired) electrons. The summed E-state index contributed by atoms with van der Waals surface area (Å²) < 4.78 is 4.90. The minimum absolute atomic E-state index is 0.665. The number of nitrogens with zero attached hydrogens (tertiary/aromatic N) is 3. The highest BCUT2D eigenvalue weighted by Crippen LogP contribution is 2.43. The average Bonchev–Trinajstić information content (AvgIpc) is 3.65. The number of para-hydroxylation sites is 4. The predicted molar refractivity (Wildman–Crippen MR) is 191 cm³/mol. The molecule has 0 N–H and O–H groups in total. The van der Waals surface area contributed by atoms with E-state index < -0.39 is 0 Å². The van der Waals surface area contributed by atoms with Crippen molar-refractivity contribution in [1.29, 1.82) is 5.26 Å². The van der Waals surface area contributed by atoms with Gasteiger partial charge in [0, 0.05) is 44.4 Å². The van der Waals surface area contributed by atoms with Gasteiger partial charge in [0.05, 0.1) is 28.2 Å². The summed E-state index contributed by atoms with van der Waals surface area (Å²) in [5.74, 6) is 0. The molecule has 0 saturated carbocycles. The van der Waals surface area contributed by atoms with E-state index in [1.54, 1.807) is 0 Å². The van der Waals surface area contributed by atoms with Gasteiger partial charge in [0.15, 0.2) is 0 Å². The number of benzene rings is 6. The number of aryl methyl sites for hydroxylation is 1. The largest absolute Gasteiger partial charge is 0.309 e. The second-order valence-corrected chi connectivity index (χ2v) is 12.0. The first-order valence-electron chi connectivity index (χ1n) is 15.8. The highest BCUT2D eigenvalue weighted by molar-refractivity contribution is 6.16. The molecule has 9 rings (SSSR count). The Bertz CT molecular complexity index is 2520. The maximum atomic E-state index is 9.33. The molecule has 3 nitrogen and oxygen atoms in total. The Hall–Kier alpha value is -6.11. The average molecular weight is 588 g/mol. The molecule has 216 valence electrons. The molecule has 1 aliphatic carbocycles. The fraction of sp³-hybridized carbons (Fsp3) is 0.0465. The summed E-state index contributed by atoms with van der Waals surface area (Å²) in [6.07, 6.45) is 6.71. The monoisotopic (exact) mass is 587 g/mol. The molecule has 8 aromatic rings. The van der Waals surface area contributed by atoms with Gasteiger partial charge in [-0.2, -0.15) is 5.26 Å². The Morgan fingerprint density at radius 1 is 0.543 bits per heavy atom. The number of aromatic nitrogens is 2. The van der Waals surface area contributed by atoms with E-state index in [1.807, 2.05) is 24.3 Å². The van der Waals surface area contributed by atoms with Crippen molar-refractivity contribution in [3.63, 3.8) is 0 Å². The molecule has 0 amide bonds. The van der Waals surface area contributed by atoms with E-state index in [0.29, 0.717) is 5.56 Å². The van der Waals surface area contributed by atoms with Gasteiger partial charge in [-0.25, -0.2) is 0 Å². The first kappa shape index (κ1) is 26.3. The molecular formula is C43H29N3. The summed E-state index contributed by atoms with van der Waals surface area (Å²) >= 11 is 0. The van der Waals surface area contributed by atoms with E-state index in [1.165, 1.54) is 60.8 Å². The minimum atomic E-state index is 0.665. The minimum Gasteiger partial charge on any atom is -0.309 e. The SMILES string of the molecule is N#Cc1ccc(-c2cccc(-n3c4ccccc4c4cccc(-c5cccc6c7c(n(-c8ccccc8)c56)C=CCC7)c43)c2)cc1. The molecule has 0 saturated heterocycles. The number of nitriles is 1. The van der Waals surface area contributed by atoms with Crippen LogP contribution < -0.4 is 0 Å². The smallest absolute Gasteiger partial charge is 0.0991 e. The summed E-state index contributed by atoms with van der Waals surface area (Å²) in [5.41, 5.74) is 13.9. The van der Waals surface area contributed by atoms with Crippen molar-refractivity contribution >= 4 is 38.8 Å². The number of hydrogen-bond acceptors (Lipinski definition) is 1. The molecule has 0 fully saturated rings. The Labute approximate surface area is 267 Å². The molecule has 3 heteroatoms. The van der Waals surface area contributed by atoms with Crippen LogP contribution in [0.15, 0.2) is 146 Å². The quantitative estimate of drug-likeness (QED) is 0.202. The molecule has 2 heterocycles. The van der Waals surface area contributed by atoms with Crippen molar-refractivity contribution in [3.05, 3.63) is 162 Å². The fourth-order valence-corrected chi connectivity index (χ4v) is 7.41. The van der Waals surface area contributed by atoms with Gasteiger partial charge in [0.25, 0.3) is 0 Å². The van der Waals surface area contributed by atoms with Gasteiger partial charge in [-0.1, -0.05) is 103 Å². The van der Waals surface area contributed by atoms with Crippen LogP contribution in [0.5, 0.6) is 0 Å². The third-order valence-electron chi connectivity index (χ3n) is 9.42. The first-order valence-corrected chi connectivity index (χ1v) is 15.8. The highest BCUT2D eigenvalue weighted by Gasteiger charge is 2.23. The van der Waals surface area contributed by atoms with Crippen LogP contribution >= 0.6 is 0 Å². The Morgan fingerprint density at radius 2 is 1.22 bits per heavy atom. The Balaban J connectivity index is 1.36. The third-order valence-corrected chi connectivity index (χ3v) is 9.42. The summed E-state index contributed by atoms with van der Waals surface area (Å²) in [7, 11) is 0. The van der Waals surface area contributed by atoms with Gasteiger partial charge in [-0.3, -0.25) is 0 Å². The molecule has 46 heavy (non-hydrogen) atoms. The van der Waals surface area contributed by atoms with Gasteiger partial charge in [0.1, 0.15) is 0 Å². The van der Waals surface area contributed by atoms with Crippen LogP contribution in [-0.4, -0.2) is 9.13 Å². The van der Waals surface area contributed by atoms with E-state index in [0.717, 1.165) is 29.7 Å². The lowest BCUT2D eigenvalue weighted by molar-refractivity contribution is 0.968. The predicted octanol–water partition coefficient (Wildman–Crippen LogP) is 10.9. The molecule has 0 unspecified atom stereocenters. The van der Waals surface area contributed by atoms with E-state index in [2.05, 4.69) is 143 Å². The van der Waals surface area contributed by atoms with E-state index in [9.17, 15) is 5.26 Å². The number of fused-ring (bicyclic) bond motifs is 6. The van der Waals surface area contributed by atoms with Crippen LogP contribution in [0, 0.1) is 11.3 Å². The molecule has 0 aliphatic heterocycles. The lowest BCUT2D eigenvalue weighted by atomic mass is 9.96. The van der Waals surface area contributed by atoms with Gasteiger partial charge >= 0.3 is 0 Å². The zero-order valence-electron chi connectivity index (χ0n) is 25.2. The van der Waals surface area contributed by atoms with Crippen LogP contribution in [0.2, 0.25) is 0 Å². The summed E-state index contributed by atoms with van der Waals surface area (Å²) in [5, 5.41) is 13.1. The van der Waals surface area contributed by atoms with Crippen molar-refractivity contribution in [2.45, 2.75) is 12.8 Å². The third kappa shape index (κ3) is 3.98. The van der Waals surface area contributed by atoms with E-state index in [-0.39, 0.29) is 0 Å². The molecule has 6 aromatic carbocycles. The molecular weight excluding hydrogens is 558 g/mol. The molecule has 0 bridgehead atoms. The zero-order valence-corrected chi connectivity index (χ0v) is 25.2. The standard InChI is InChI=1S/C43H29N3/c44-28-29-23-25-30(26-24-29)31-11-8-14-33(27-31)46-41-22-7-5-16-35(41)37-18-10-20-39(43(37)46)38-19-9-17-36-34-15-4-6-21-40(34)45(42(36)38)32-12-2-1-3-13-32/h1-3,5-14,16-27H,4,15H2. The van der Waals surface area contributed by atoms with Crippen molar-refractivity contribution in [1.82, 2.24) is 9.13 Å². The van der Waals surface area contributed by atoms with Crippen LogP contribution in [0.25, 0.3) is 72.4 Å². The van der Waals surface area contributed by atoms with Crippen LogP contribution in [0.4, 0.5) is 0 Å².